The van der Waals surface area contributed by atoms with Crippen molar-refractivity contribution in [3.8, 4) is 16.8 Å². The number of furan rings is 1. The highest BCUT2D eigenvalue weighted by molar-refractivity contribution is 6.11. The number of para-hydroxylation sites is 3. The van der Waals surface area contributed by atoms with Crippen LogP contribution in [0.5, 0.6) is 0 Å². The van der Waals surface area contributed by atoms with Crippen LogP contribution in [0.2, 0.25) is 0 Å². The van der Waals surface area contributed by atoms with Crippen LogP contribution in [0.4, 0.5) is 17.2 Å². The normalized spacial score (nSPS) is 11.8. The average Bonchev–Trinajstić information content (AvgIpc) is 3.77. The molecule has 8 aromatic carbocycles. The minimum absolute atomic E-state index is 0.767. The number of nitrogens with zero attached hydrogens (tertiary/aromatic N) is 3. The monoisotopic (exact) mass is 677 g/mol. The summed E-state index contributed by atoms with van der Waals surface area (Å²) in [6.07, 6.45) is 0. The third-order valence-electron chi connectivity index (χ3n) is 10.6. The van der Waals surface area contributed by atoms with E-state index in [0.29, 0.717) is 0 Å². The van der Waals surface area contributed by atoms with E-state index in [1.165, 1.54) is 32.6 Å². The van der Waals surface area contributed by atoms with Gasteiger partial charge in [0.15, 0.2) is 5.58 Å². The van der Waals surface area contributed by atoms with E-state index >= 15 is 0 Å². The highest BCUT2D eigenvalue weighted by Gasteiger charge is 2.24. The van der Waals surface area contributed by atoms with Gasteiger partial charge in [0.2, 0.25) is 0 Å². The minimum atomic E-state index is 0.767. The van der Waals surface area contributed by atoms with Gasteiger partial charge in [-0.25, -0.2) is 4.98 Å². The van der Waals surface area contributed by atoms with Gasteiger partial charge in [-0.15, -0.1) is 0 Å². The number of fused-ring (bicyclic) bond motifs is 8. The van der Waals surface area contributed by atoms with Crippen LogP contribution >= 0.6 is 0 Å². The number of hydrogen-bond donors (Lipinski definition) is 0. The van der Waals surface area contributed by atoms with Crippen molar-refractivity contribution in [2.24, 2.45) is 0 Å². The highest BCUT2D eigenvalue weighted by atomic mass is 16.3. The van der Waals surface area contributed by atoms with Crippen LogP contribution in [0.3, 0.4) is 0 Å². The van der Waals surface area contributed by atoms with Crippen molar-refractivity contribution < 1.29 is 4.42 Å². The Hall–Kier alpha value is -7.17. The standard InChI is InChI=1S/C49H31N3O/c1-2-14-34(15-3-1)48-36-17-5-4-13-32(36)26-28-44(48)52(47-30-29-46-49(50-47)39-20-8-11-24-45(39)53-46)43-23-12-16-33-25-27-35(31-40(33)43)51-41-21-9-6-18-37(41)38-19-7-10-22-42(38)51/h1-31H. The van der Waals surface area contributed by atoms with Gasteiger partial charge in [-0.1, -0.05) is 127 Å². The molecule has 0 spiro atoms. The maximum atomic E-state index is 6.26. The number of pyridine rings is 1. The summed E-state index contributed by atoms with van der Waals surface area (Å²) >= 11 is 0. The molecule has 4 nitrogen and oxygen atoms in total. The quantitative estimate of drug-likeness (QED) is 0.182. The fourth-order valence-electron chi connectivity index (χ4n) is 8.22. The molecule has 0 aliphatic rings. The first-order valence-corrected chi connectivity index (χ1v) is 18.0. The smallest absolute Gasteiger partial charge is 0.154 e. The van der Waals surface area contributed by atoms with Crippen molar-refractivity contribution in [3.63, 3.8) is 0 Å². The molecule has 0 fully saturated rings. The van der Waals surface area contributed by atoms with Gasteiger partial charge in [-0.05, 0) is 82.4 Å². The molecule has 3 heterocycles. The summed E-state index contributed by atoms with van der Waals surface area (Å²) in [5.41, 5.74) is 10.3. The van der Waals surface area contributed by atoms with Gasteiger partial charge in [0.05, 0.1) is 22.4 Å². The molecule has 3 aromatic heterocycles. The van der Waals surface area contributed by atoms with Crippen molar-refractivity contribution in [1.82, 2.24) is 9.55 Å². The third-order valence-corrected chi connectivity index (χ3v) is 10.6. The molecule has 0 N–H and O–H groups in total. The summed E-state index contributed by atoms with van der Waals surface area (Å²) in [6, 6.07) is 66.9. The molecule has 0 amide bonds. The van der Waals surface area contributed by atoms with Crippen molar-refractivity contribution >= 4 is 82.6 Å². The zero-order chi connectivity index (χ0) is 34.9. The lowest BCUT2D eigenvalue weighted by molar-refractivity contribution is 0.668. The molecule has 0 saturated carbocycles. The molecule has 0 radical (unpaired) electrons. The van der Waals surface area contributed by atoms with E-state index in [-0.39, 0.29) is 0 Å². The summed E-state index contributed by atoms with van der Waals surface area (Å²) in [7, 11) is 0. The SMILES string of the molecule is c1ccc(-c2c(N(c3ccc4oc5ccccc5c4n3)c3cccc4ccc(-n5c6ccccc6c6ccccc65)cc34)ccc3ccccc23)cc1. The Labute approximate surface area is 305 Å². The molecule has 11 aromatic rings. The maximum absolute atomic E-state index is 6.26. The lowest BCUT2D eigenvalue weighted by Gasteiger charge is -2.29. The van der Waals surface area contributed by atoms with Crippen LogP contribution in [-0.4, -0.2) is 9.55 Å². The Morgan fingerprint density at radius 1 is 0.434 bits per heavy atom. The predicted molar refractivity (Wildman–Crippen MR) is 221 cm³/mol. The zero-order valence-electron chi connectivity index (χ0n) is 28.6. The van der Waals surface area contributed by atoms with Crippen molar-refractivity contribution in [1.29, 1.82) is 0 Å². The second-order valence-corrected chi connectivity index (χ2v) is 13.5. The summed E-state index contributed by atoms with van der Waals surface area (Å²) in [4.78, 5) is 7.76. The number of anilines is 3. The van der Waals surface area contributed by atoms with Gasteiger partial charge in [0.25, 0.3) is 0 Å². The predicted octanol–water partition coefficient (Wildman–Crippen LogP) is 13.5. The Morgan fingerprint density at radius 3 is 1.89 bits per heavy atom. The average molecular weight is 678 g/mol. The molecule has 0 atom stereocenters. The molecule has 0 aliphatic heterocycles. The molecular weight excluding hydrogens is 647 g/mol. The topological polar surface area (TPSA) is 34.2 Å². The largest absolute Gasteiger partial charge is 0.454 e. The molecular formula is C49H31N3O. The Kier molecular flexibility index (Phi) is 6.52. The first kappa shape index (κ1) is 29.5. The van der Waals surface area contributed by atoms with Crippen molar-refractivity contribution in [2.45, 2.75) is 0 Å². The maximum Gasteiger partial charge on any atom is 0.154 e. The Morgan fingerprint density at radius 2 is 1.08 bits per heavy atom. The van der Waals surface area contributed by atoms with Crippen LogP contribution < -0.4 is 4.90 Å². The molecule has 0 aliphatic carbocycles. The highest BCUT2D eigenvalue weighted by Crippen LogP contribution is 2.47. The van der Waals surface area contributed by atoms with Gasteiger partial charge >= 0.3 is 0 Å². The van der Waals surface area contributed by atoms with E-state index in [1.807, 2.05) is 18.2 Å². The number of hydrogen-bond acceptors (Lipinski definition) is 3. The fourth-order valence-corrected chi connectivity index (χ4v) is 8.22. The summed E-state index contributed by atoms with van der Waals surface area (Å²) < 4.78 is 8.65. The molecule has 11 rings (SSSR count). The number of benzene rings is 8. The van der Waals surface area contributed by atoms with Crippen LogP contribution in [0, 0.1) is 0 Å². The molecule has 248 valence electrons. The summed E-state index contributed by atoms with van der Waals surface area (Å²) in [5, 5.41) is 8.12. The number of rotatable bonds is 5. The Bertz CT molecular complexity index is 3140. The van der Waals surface area contributed by atoms with Crippen LogP contribution in [0.15, 0.2) is 192 Å². The third kappa shape index (κ3) is 4.59. The van der Waals surface area contributed by atoms with Gasteiger partial charge < -0.3 is 8.98 Å². The van der Waals surface area contributed by atoms with E-state index in [0.717, 1.165) is 66.8 Å². The van der Waals surface area contributed by atoms with E-state index in [1.54, 1.807) is 0 Å². The van der Waals surface area contributed by atoms with Crippen LogP contribution in [0.1, 0.15) is 0 Å². The van der Waals surface area contributed by atoms with Crippen LogP contribution in [0.25, 0.3) is 82.2 Å². The van der Waals surface area contributed by atoms with Crippen molar-refractivity contribution in [2.75, 3.05) is 4.90 Å². The summed E-state index contributed by atoms with van der Waals surface area (Å²) in [6.45, 7) is 0. The second kappa shape index (κ2) is 11.7. The van der Waals surface area contributed by atoms with Crippen LogP contribution in [-0.2, 0) is 0 Å². The summed E-state index contributed by atoms with van der Waals surface area (Å²) in [5.74, 6) is 0.811. The van der Waals surface area contributed by atoms with Gasteiger partial charge in [-0.3, -0.25) is 4.90 Å². The molecule has 4 heteroatoms. The molecule has 0 bridgehead atoms. The first-order chi connectivity index (χ1) is 26.3. The van der Waals surface area contributed by atoms with E-state index in [2.05, 4.69) is 179 Å². The van der Waals surface area contributed by atoms with Crippen molar-refractivity contribution in [3.05, 3.63) is 188 Å². The molecule has 0 unspecified atom stereocenters. The van der Waals surface area contributed by atoms with Gasteiger partial charge in [0, 0.05) is 32.8 Å². The molecule has 0 saturated heterocycles. The lowest BCUT2D eigenvalue weighted by atomic mass is 9.95. The fraction of sp³-hybridized carbons (Fsp3) is 0. The second-order valence-electron chi connectivity index (χ2n) is 13.5. The molecule has 53 heavy (non-hydrogen) atoms. The first-order valence-electron chi connectivity index (χ1n) is 18.0. The van der Waals surface area contributed by atoms with E-state index in [4.69, 9.17) is 9.40 Å². The number of aromatic nitrogens is 2. The van der Waals surface area contributed by atoms with Gasteiger partial charge in [0.1, 0.15) is 16.9 Å². The minimum Gasteiger partial charge on any atom is -0.454 e. The van der Waals surface area contributed by atoms with Gasteiger partial charge in [-0.2, -0.15) is 0 Å². The lowest BCUT2D eigenvalue weighted by Crippen LogP contribution is -2.13. The van der Waals surface area contributed by atoms with E-state index in [9.17, 15) is 0 Å². The van der Waals surface area contributed by atoms with E-state index < -0.39 is 0 Å². The Balaban J connectivity index is 1.23. The zero-order valence-corrected chi connectivity index (χ0v) is 28.6.